The van der Waals surface area contributed by atoms with E-state index in [1.165, 1.54) is 0 Å². The van der Waals surface area contributed by atoms with Crippen molar-refractivity contribution >= 4 is 12.1 Å². The second-order valence-electron chi connectivity index (χ2n) is 7.87. The van der Waals surface area contributed by atoms with E-state index in [1.807, 2.05) is 25.7 Å². The molecule has 1 amide bonds. The van der Waals surface area contributed by atoms with Gasteiger partial charge in [0.1, 0.15) is 5.60 Å². The summed E-state index contributed by atoms with van der Waals surface area (Å²) in [5.74, 6) is -1.07. The van der Waals surface area contributed by atoms with Gasteiger partial charge in [0, 0.05) is 19.1 Å². The third-order valence-electron chi connectivity index (χ3n) is 5.30. The molecule has 2 aliphatic heterocycles. The third-order valence-corrected chi connectivity index (χ3v) is 5.30. The standard InChI is InChI=1S/C16H26N2O4/c1-15(2,3)22-14(21)18-8-7-17-6-4-5-12(17)16(18)9-11(10-16)13(19)20/h11-12H,4-10H2,1-3H3,(H,19,20). The maximum atomic E-state index is 12.6. The van der Waals surface area contributed by atoms with Crippen LogP contribution in [0.15, 0.2) is 0 Å². The van der Waals surface area contributed by atoms with E-state index < -0.39 is 11.6 Å². The van der Waals surface area contributed by atoms with Crippen LogP contribution in [-0.2, 0) is 9.53 Å². The predicted octanol–water partition coefficient (Wildman–Crippen LogP) is 1.93. The Hall–Kier alpha value is -1.30. The Morgan fingerprint density at radius 2 is 1.86 bits per heavy atom. The second kappa shape index (κ2) is 5.11. The number of carboxylic acid groups (broad SMARTS) is 1. The highest BCUT2D eigenvalue weighted by molar-refractivity contribution is 5.74. The number of rotatable bonds is 1. The molecule has 1 spiro atoms. The SMILES string of the molecule is CC(C)(C)OC(=O)N1CCN2CCCC2C12CC(C(=O)O)C2. The van der Waals surface area contributed by atoms with Crippen molar-refractivity contribution in [1.82, 2.24) is 9.80 Å². The van der Waals surface area contributed by atoms with Gasteiger partial charge in [0.2, 0.25) is 0 Å². The molecule has 2 saturated heterocycles. The van der Waals surface area contributed by atoms with Crippen LogP contribution in [0.2, 0.25) is 0 Å². The third kappa shape index (κ3) is 2.47. The minimum atomic E-state index is -0.745. The van der Waals surface area contributed by atoms with Crippen molar-refractivity contribution in [3.63, 3.8) is 0 Å². The predicted molar refractivity (Wildman–Crippen MR) is 80.6 cm³/mol. The van der Waals surface area contributed by atoms with E-state index in [4.69, 9.17) is 4.74 Å². The maximum Gasteiger partial charge on any atom is 0.410 e. The zero-order chi connectivity index (χ0) is 16.1. The highest BCUT2D eigenvalue weighted by Gasteiger charge is 2.61. The summed E-state index contributed by atoms with van der Waals surface area (Å²) in [5, 5.41) is 9.25. The number of carbonyl (C=O) groups is 2. The summed E-state index contributed by atoms with van der Waals surface area (Å²) in [6, 6.07) is 0.296. The van der Waals surface area contributed by atoms with Gasteiger partial charge in [-0.3, -0.25) is 14.6 Å². The van der Waals surface area contributed by atoms with Crippen LogP contribution in [0, 0.1) is 5.92 Å². The number of amides is 1. The van der Waals surface area contributed by atoms with Gasteiger partial charge >= 0.3 is 12.1 Å². The molecule has 1 unspecified atom stereocenters. The quantitative estimate of drug-likeness (QED) is 0.801. The van der Waals surface area contributed by atoms with Gasteiger partial charge in [-0.25, -0.2) is 4.79 Å². The van der Waals surface area contributed by atoms with E-state index in [1.54, 1.807) is 0 Å². The minimum absolute atomic E-state index is 0.289. The van der Waals surface area contributed by atoms with Gasteiger partial charge in [-0.15, -0.1) is 0 Å². The van der Waals surface area contributed by atoms with Crippen LogP contribution in [0.5, 0.6) is 0 Å². The molecule has 6 nitrogen and oxygen atoms in total. The van der Waals surface area contributed by atoms with Crippen LogP contribution in [0.3, 0.4) is 0 Å². The number of hydrogen-bond acceptors (Lipinski definition) is 4. The maximum absolute atomic E-state index is 12.6. The molecule has 2 heterocycles. The molecule has 0 aromatic rings. The van der Waals surface area contributed by atoms with Crippen molar-refractivity contribution in [2.24, 2.45) is 5.92 Å². The van der Waals surface area contributed by atoms with Gasteiger partial charge in [0.15, 0.2) is 0 Å². The van der Waals surface area contributed by atoms with Gasteiger partial charge in [-0.05, 0) is 53.0 Å². The van der Waals surface area contributed by atoms with E-state index in [-0.39, 0.29) is 17.6 Å². The average Bonchev–Trinajstić information content (AvgIpc) is 2.80. The number of nitrogens with zero attached hydrogens (tertiary/aromatic N) is 2. The van der Waals surface area contributed by atoms with Gasteiger partial charge in [0.25, 0.3) is 0 Å². The van der Waals surface area contributed by atoms with Crippen LogP contribution in [0.25, 0.3) is 0 Å². The average molecular weight is 310 g/mol. The normalized spacial score (nSPS) is 35.1. The number of piperazine rings is 1. The van der Waals surface area contributed by atoms with Crippen molar-refractivity contribution in [1.29, 1.82) is 0 Å². The number of hydrogen-bond donors (Lipinski definition) is 1. The van der Waals surface area contributed by atoms with Crippen LogP contribution in [0.1, 0.15) is 46.5 Å². The molecule has 0 radical (unpaired) electrons. The number of carbonyl (C=O) groups excluding carboxylic acids is 1. The molecule has 3 fully saturated rings. The fourth-order valence-electron chi connectivity index (χ4n) is 4.38. The van der Waals surface area contributed by atoms with Gasteiger partial charge < -0.3 is 9.84 Å². The fourth-order valence-corrected chi connectivity index (χ4v) is 4.38. The molecule has 1 N–H and O–H groups in total. The monoisotopic (exact) mass is 310 g/mol. The van der Waals surface area contributed by atoms with Crippen LogP contribution >= 0.6 is 0 Å². The van der Waals surface area contributed by atoms with E-state index in [9.17, 15) is 14.7 Å². The molecule has 1 atom stereocenters. The largest absolute Gasteiger partial charge is 0.481 e. The smallest absolute Gasteiger partial charge is 0.410 e. The zero-order valence-electron chi connectivity index (χ0n) is 13.7. The first-order valence-corrected chi connectivity index (χ1v) is 8.20. The van der Waals surface area contributed by atoms with Crippen molar-refractivity contribution in [3.8, 4) is 0 Å². The van der Waals surface area contributed by atoms with Crippen molar-refractivity contribution in [2.75, 3.05) is 19.6 Å². The zero-order valence-corrected chi connectivity index (χ0v) is 13.7. The Morgan fingerprint density at radius 3 is 2.45 bits per heavy atom. The summed E-state index contributed by atoms with van der Waals surface area (Å²) in [4.78, 5) is 28.1. The Morgan fingerprint density at radius 1 is 1.18 bits per heavy atom. The number of aliphatic carboxylic acids is 1. The molecular weight excluding hydrogens is 284 g/mol. The number of fused-ring (bicyclic) bond motifs is 2. The molecule has 1 aliphatic carbocycles. The first kappa shape index (κ1) is 15.6. The lowest BCUT2D eigenvalue weighted by molar-refractivity contribution is -0.160. The molecule has 3 aliphatic rings. The lowest BCUT2D eigenvalue weighted by Gasteiger charge is -2.60. The van der Waals surface area contributed by atoms with Crippen molar-refractivity contribution in [3.05, 3.63) is 0 Å². The van der Waals surface area contributed by atoms with Gasteiger partial charge in [-0.2, -0.15) is 0 Å². The summed E-state index contributed by atoms with van der Waals surface area (Å²) >= 11 is 0. The lowest BCUT2D eigenvalue weighted by Crippen LogP contribution is -2.73. The first-order chi connectivity index (χ1) is 10.2. The van der Waals surface area contributed by atoms with Crippen LogP contribution in [-0.4, -0.2) is 63.8 Å². The number of carboxylic acids is 1. The fraction of sp³-hybridized carbons (Fsp3) is 0.875. The molecule has 22 heavy (non-hydrogen) atoms. The molecule has 124 valence electrons. The lowest BCUT2D eigenvalue weighted by atomic mass is 9.62. The Balaban J connectivity index is 1.82. The van der Waals surface area contributed by atoms with Crippen LogP contribution < -0.4 is 0 Å². The molecule has 1 saturated carbocycles. The summed E-state index contributed by atoms with van der Waals surface area (Å²) in [6.45, 7) is 8.16. The van der Waals surface area contributed by atoms with E-state index in [0.29, 0.717) is 25.4 Å². The topological polar surface area (TPSA) is 70.1 Å². The van der Waals surface area contributed by atoms with E-state index >= 15 is 0 Å². The van der Waals surface area contributed by atoms with Crippen molar-refractivity contribution < 1.29 is 19.4 Å². The second-order valence-corrected chi connectivity index (χ2v) is 7.87. The molecular formula is C16H26N2O4. The summed E-state index contributed by atoms with van der Waals surface area (Å²) < 4.78 is 5.57. The van der Waals surface area contributed by atoms with E-state index in [0.717, 1.165) is 25.9 Å². The first-order valence-electron chi connectivity index (χ1n) is 8.20. The molecule has 6 heteroatoms. The molecule has 0 aromatic heterocycles. The van der Waals surface area contributed by atoms with Gasteiger partial charge in [-0.1, -0.05) is 0 Å². The Labute approximate surface area is 131 Å². The Bertz CT molecular complexity index is 479. The van der Waals surface area contributed by atoms with Crippen molar-refractivity contribution in [2.45, 2.75) is 63.6 Å². The summed E-state index contributed by atoms with van der Waals surface area (Å²) in [6.07, 6.45) is 3.01. The molecule has 0 bridgehead atoms. The molecule has 3 rings (SSSR count). The highest BCUT2D eigenvalue weighted by atomic mass is 16.6. The molecule has 0 aromatic carbocycles. The van der Waals surface area contributed by atoms with Crippen LogP contribution in [0.4, 0.5) is 4.79 Å². The van der Waals surface area contributed by atoms with E-state index in [2.05, 4.69) is 4.90 Å². The number of ether oxygens (including phenoxy) is 1. The summed E-state index contributed by atoms with van der Waals surface area (Å²) in [5.41, 5.74) is -0.860. The Kier molecular flexibility index (Phi) is 3.62. The highest BCUT2D eigenvalue weighted by Crippen LogP contribution is 2.51. The van der Waals surface area contributed by atoms with Gasteiger partial charge in [0.05, 0.1) is 11.5 Å². The summed E-state index contributed by atoms with van der Waals surface area (Å²) in [7, 11) is 0. The minimum Gasteiger partial charge on any atom is -0.481 e.